The Morgan fingerprint density at radius 3 is 2.33 bits per heavy atom. The van der Waals surface area contributed by atoms with Gasteiger partial charge in [0.25, 0.3) is 0 Å². The Morgan fingerprint density at radius 1 is 1.03 bits per heavy atom. The van der Waals surface area contributed by atoms with E-state index in [2.05, 4.69) is 60.4 Å². The molecule has 0 radical (unpaired) electrons. The molecule has 30 heavy (non-hydrogen) atoms. The number of halogens is 1. The van der Waals surface area contributed by atoms with E-state index < -0.39 is 0 Å². The van der Waals surface area contributed by atoms with Gasteiger partial charge >= 0.3 is 0 Å². The molecule has 0 atom stereocenters. The molecular formula is C22H31IN6O. The number of aromatic nitrogens is 2. The summed E-state index contributed by atoms with van der Waals surface area (Å²) in [4.78, 5) is 17.9. The predicted octanol–water partition coefficient (Wildman–Crippen LogP) is 2.54. The van der Waals surface area contributed by atoms with Crippen LogP contribution in [0, 0.1) is 0 Å². The Morgan fingerprint density at radius 2 is 1.70 bits per heavy atom. The van der Waals surface area contributed by atoms with Crippen molar-refractivity contribution >= 4 is 35.9 Å². The molecule has 3 heterocycles. The van der Waals surface area contributed by atoms with Gasteiger partial charge in [0.15, 0.2) is 5.96 Å². The molecule has 1 aromatic carbocycles. The molecule has 2 fully saturated rings. The van der Waals surface area contributed by atoms with E-state index >= 15 is 0 Å². The van der Waals surface area contributed by atoms with Crippen molar-refractivity contribution in [2.24, 2.45) is 4.99 Å². The lowest BCUT2D eigenvalue weighted by molar-refractivity contribution is 0.0511. The maximum Gasteiger partial charge on any atom is 0.225 e. The van der Waals surface area contributed by atoms with Gasteiger partial charge in [-0.1, -0.05) is 30.3 Å². The van der Waals surface area contributed by atoms with Crippen LogP contribution in [0.1, 0.15) is 18.4 Å². The Hall–Kier alpha value is -1.94. The molecule has 0 aliphatic carbocycles. The van der Waals surface area contributed by atoms with E-state index in [1.54, 1.807) is 12.4 Å². The zero-order valence-electron chi connectivity index (χ0n) is 17.5. The molecule has 4 rings (SSSR count). The summed E-state index contributed by atoms with van der Waals surface area (Å²) in [6, 6.07) is 12.7. The molecule has 162 valence electrons. The largest absolute Gasteiger partial charge is 0.381 e. The van der Waals surface area contributed by atoms with E-state index in [1.807, 2.05) is 13.1 Å². The van der Waals surface area contributed by atoms with Crippen molar-refractivity contribution in [1.82, 2.24) is 20.2 Å². The van der Waals surface area contributed by atoms with Gasteiger partial charge in [0.05, 0.1) is 0 Å². The summed E-state index contributed by atoms with van der Waals surface area (Å²) in [6.07, 6.45) is 5.65. The van der Waals surface area contributed by atoms with Crippen LogP contribution in [-0.2, 0) is 10.2 Å². The summed E-state index contributed by atoms with van der Waals surface area (Å²) in [5, 5.41) is 3.67. The lowest BCUT2D eigenvalue weighted by Crippen LogP contribution is -2.55. The first kappa shape index (κ1) is 22.7. The monoisotopic (exact) mass is 522 g/mol. The zero-order valence-corrected chi connectivity index (χ0v) is 19.9. The van der Waals surface area contributed by atoms with Crippen molar-refractivity contribution in [3.63, 3.8) is 0 Å². The van der Waals surface area contributed by atoms with Gasteiger partial charge in [0.2, 0.25) is 5.95 Å². The highest BCUT2D eigenvalue weighted by Gasteiger charge is 2.35. The van der Waals surface area contributed by atoms with Crippen LogP contribution in [0.5, 0.6) is 0 Å². The van der Waals surface area contributed by atoms with Gasteiger partial charge in [0, 0.05) is 70.8 Å². The number of guanidine groups is 1. The normalized spacial score (nSPS) is 19.2. The lowest BCUT2D eigenvalue weighted by atomic mass is 9.74. The Kier molecular flexibility index (Phi) is 8.26. The van der Waals surface area contributed by atoms with Crippen LogP contribution < -0.4 is 10.2 Å². The van der Waals surface area contributed by atoms with E-state index in [0.717, 1.165) is 70.7 Å². The van der Waals surface area contributed by atoms with Crippen LogP contribution in [-0.4, -0.2) is 73.8 Å². The number of nitrogens with zero attached hydrogens (tertiary/aromatic N) is 5. The fraction of sp³-hybridized carbons (Fsp3) is 0.500. The molecule has 1 N–H and O–H groups in total. The fourth-order valence-electron chi connectivity index (χ4n) is 4.27. The van der Waals surface area contributed by atoms with Crippen molar-refractivity contribution in [3.8, 4) is 0 Å². The molecule has 8 heteroatoms. The molecule has 0 unspecified atom stereocenters. The summed E-state index contributed by atoms with van der Waals surface area (Å²) < 4.78 is 5.66. The highest BCUT2D eigenvalue weighted by atomic mass is 127. The van der Waals surface area contributed by atoms with Crippen LogP contribution in [0.25, 0.3) is 0 Å². The van der Waals surface area contributed by atoms with Crippen LogP contribution in [0.2, 0.25) is 0 Å². The molecule has 7 nitrogen and oxygen atoms in total. The molecule has 0 amide bonds. The van der Waals surface area contributed by atoms with Gasteiger partial charge in [-0.2, -0.15) is 0 Å². The Bertz CT molecular complexity index is 790. The van der Waals surface area contributed by atoms with E-state index in [9.17, 15) is 0 Å². The first-order chi connectivity index (χ1) is 14.3. The number of piperazine rings is 1. The van der Waals surface area contributed by atoms with Gasteiger partial charge in [-0.15, -0.1) is 24.0 Å². The van der Waals surface area contributed by atoms with Gasteiger partial charge in [0.1, 0.15) is 0 Å². The number of rotatable bonds is 4. The van der Waals surface area contributed by atoms with Gasteiger partial charge < -0.3 is 19.9 Å². The molecule has 2 aliphatic rings. The van der Waals surface area contributed by atoms with Crippen LogP contribution in [0.3, 0.4) is 0 Å². The molecule has 0 spiro atoms. The SMILES string of the molecule is CN=C(NCC1(c2ccccc2)CCOCC1)N1CCN(c2ncccn2)CC1.I. The van der Waals surface area contributed by atoms with E-state index in [4.69, 9.17) is 4.74 Å². The molecule has 2 aromatic rings. The molecular weight excluding hydrogens is 491 g/mol. The predicted molar refractivity (Wildman–Crippen MR) is 131 cm³/mol. The highest BCUT2D eigenvalue weighted by molar-refractivity contribution is 14.0. The van der Waals surface area contributed by atoms with Gasteiger partial charge in [-0.3, -0.25) is 4.99 Å². The third-order valence-electron chi connectivity index (χ3n) is 6.05. The molecule has 2 aliphatic heterocycles. The number of ether oxygens (including phenoxy) is 1. The second-order valence-corrected chi connectivity index (χ2v) is 7.68. The first-order valence-corrected chi connectivity index (χ1v) is 10.4. The number of anilines is 1. The van der Waals surface area contributed by atoms with E-state index in [-0.39, 0.29) is 29.4 Å². The summed E-state index contributed by atoms with van der Waals surface area (Å²) in [5.41, 5.74) is 1.48. The standard InChI is InChI=1S/C22H30N6O.HI/c1-23-20(27-12-14-28(15-13-27)21-24-10-5-11-25-21)26-18-22(8-16-29-17-9-22)19-6-3-2-4-7-19;/h2-7,10-11H,8-9,12-18H2,1H3,(H,23,26);1H. The second-order valence-electron chi connectivity index (χ2n) is 7.68. The fourth-order valence-corrected chi connectivity index (χ4v) is 4.27. The third-order valence-corrected chi connectivity index (χ3v) is 6.05. The highest BCUT2D eigenvalue weighted by Crippen LogP contribution is 2.34. The number of hydrogen-bond donors (Lipinski definition) is 1. The lowest BCUT2D eigenvalue weighted by Gasteiger charge is -2.40. The minimum absolute atomic E-state index is 0. The van der Waals surface area contributed by atoms with Gasteiger partial charge in [-0.25, -0.2) is 9.97 Å². The minimum Gasteiger partial charge on any atom is -0.381 e. The minimum atomic E-state index is 0. The van der Waals surface area contributed by atoms with Gasteiger partial charge in [-0.05, 0) is 24.5 Å². The van der Waals surface area contributed by atoms with Crippen LogP contribution in [0.4, 0.5) is 5.95 Å². The third kappa shape index (κ3) is 5.21. The van der Waals surface area contributed by atoms with Crippen molar-refractivity contribution in [2.75, 3.05) is 57.9 Å². The number of aliphatic imine (C=N–C) groups is 1. The van der Waals surface area contributed by atoms with Crippen molar-refractivity contribution < 1.29 is 4.74 Å². The maximum atomic E-state index is 5.66. The first-order valence-electron chi connectivity index (χ1n) is 10.4. The summed E-state index contributed by atoms with van der Waals surface area (Å²) in [6.45, 7) is 6.08. The van der Waals surface area contributed by atoms with Crippen molar-refractivity contribution in [2.45, 2.75) is 18.3 Å². The zero-order chi connectivity index (χ0) is 19.9. The molecule has 0 saturated carbocycles. The summed E-state index contributed by atoms with van der Waals surface area (Å²) in [7, 11) is 1.87. The number of benzene rings is 1. The van der Waals surface area contributed by atoms with E-state index in [0.29, 0.717) is 0 Å². The maximum absolute atomic E-state index is 5.66. The van der Waals surface area contributed by atoms with Crippen LogP contribution >= 0.6 is 24.0 Å². The topological polar surface area (TPSA) is 65.9 Å². The Labute approximate surface area is 196 Å². The van der Waals surface area contributed by atoms with Crippen molar-refractivity contribution in [1.29, 1.82) is 0 Å². The molecule has 0 bridgehead atoms. The second kappa shape index (κ2) is 10.9. The summed E-state index contributed by atoms with van der Waals surface area (Å²) >= 11 is 0. The van der Waals surface area contributed by atoms with Crippen molar-refractivity contribution in [3.05, 3.63) is 54.4 Å². The molecule has 1 aromatic heterocycles. The number of nitrogens with one attached hydrogen (secondary N) is 1. The number of hydrogen-bond acceptors (Lipinski definition) is 5. The quantitative estimate of drug-likeness (QED) is 0.379. The van der Waals surface area contributed by atoms with E-state index in [1.165, 1.54) is 5.56 Å². The average molecular weight is 522 g/mol. The summed E-state index contributed by atoms with van der Waals surface area (Å²) in [5.74, 6) is 1.78. The Balaban J connectivity index is 0.00000256. The smallest absolute Gasteiger partial charge is 0.225 e. The average Bonchev–Trinajstić information content (AvgIpc) is 2.82. The molecule has 2 saturated heterocycles. The van der Waals surface area contributed by atoms with Crippen LogP contribution in [0.15, 0.2) is 53.8 Å².